The zero-order valence-electron chi connectivity index (χ0n) is 11.8. The Kier molecular flexibility index (Phi) is 6.24. The van der Waals surface area contributed by atoms with Crippen molar-refractivity contribution < 1.29 is 19.1 Å². The Morgan fingerprint density at radius 2 is 2.11 bits per heavy atom. The molecule has 1 unspecified atom stereocenters. The molecular weight excluding hydrogens is 248 g/mol. The summed E-state index contributed by atoms with van der Waals surface area (Å²) in [7, 11) is 1.32. The van der Waals surface area contributed by atoms with Crippen molar-refractivity contribution in [3.8, 4) is 0 Å². The van der Waals surface area contributed by atoms with Crippen LogP contribution in [0.25, 0.3) is 0 Å². The zero-order chi connectivity index (χ0) is 14.4. The van der Waals surface area contributed by atoms with Gasteiger partial charge >= 0.3 is 5.97 Å². The zero-order valence-corrected chi connectivity index (χ0v) is 11.8. The highest BCUT2D eigenvalue weighted by Crippen LogP contribution is 2.19. The number of esters is 1. The third-order valence-corrected chi connectivity index (χ3v) is 3.17. The topological polar surface area (TPSA) is 90.7 Å². The average Bonchev–Trinajstić information content (AvgIpc) is 2.85. The maximum Gasteiger partial charge on any atom is 0.328 e. The molecule has 0 aromatic carbocycles. The average molecular weight is 272 g/mol. The van der Waals surface area contributed by atoms with Gasteiger partial charge in [0.05, 0.1) is 13.2 Å². The highest BCUT2D eigenvalue weighted by molar-refractivity contribution is 5.87. The van der Waals surface area contributed by atoms with E-state index in [1.165, 1.54) is 7.11 Å². The summed E-state index contributed by atoms with van der Waals surface area (Å²) in [5.74, 6) is -0.395. The lowest BCUT2D eigenvalue weighted by Crippen LogP contribution is -2.46. The summed E-state index contributed by atoms with van der Waals surface area (Å²) in [6.07, 6.45) is 1.40. The molecule has 1 rings (SSSR count). The number of carbonyl (C=O) groups excluding carboxylic acids is 2. The molecule has 1 aliphatic heterocycles. The van der Waals surface area contributed by atoms with Gasteiger partial charge in [-0.2, -0.15) is 0 Å². The van der Waals surface area contributed by atoms with Gasteiger partial charge < -0.3 is 20.5 Å². The molecule has 6 heteroatoms. The van der Waals surface area contributed by atoms with Gasteiger partial charge in [0.25, 0.3) is 0 Å². The number of nitrogens with one attached hydrogen (secondary N) is 1. The highest BCUT2D eigenvalue weighted by Gasteiger charge is 2.32. The molecule has 0 aromatic rings. The van der Waals surface area contributed by atoms with Crippen LogP contribution >= 0.6 is 0 Å². The van der Waals surface area contributed by atoms with Crippen molar-refractivity contribution in [3.63, 3.8) is 0 Å². The number of hydrogen-bond donors (Lipinski definition) is 2. The van der Waals surface area contributed by atoms with Gasteiger partial charge in [-0.15, -0.1) is 0 Å². The molecule has 1 heterocycles. The third-order valence-electron chi connectivity index (χ3n) is 3.17. The number of carbonyl (C=O) groups is 2. The lowest BCUT2D eigenvalue weighted by atomic mass is 10.0. The maximum atomic E-state index is 12.0. The molecule has 3 atom stereocenters. The SMILES string of the molecule is COC(=O)C(CC(C)C)NC(=O)[C@@H]1CC[C@H](CN)O1. The van der Waals surface area contributed by atoms with Gasteiger partial charge in [0.2, 0.25) is 5.91 Å². The molecule has 0 saturated carbocycles. The lowest BCUT2D eigenvalue weighted by molar-refractivity contribution is -0.147. The monoisotopic (exact) mass is 272 g/mol. The van der Waals surface area contributed by atoms with Crippen molar-refractivity contribution in [1.29, 1.82) is 0 Å². The number of rotatable bonds is 6. The van der Waals surface area contributed by atoms with Crippen LogP contribution in [0.3, 0.4) is 0 Å². The minimum Gasteiger partial charge on any atom is -0.467 e. The number of nitrogens with two attached hydrogens (primary N) is 1. The number of amides is 1. The van der Waals surface area contributed by atoms with E-state index < -0.39 is 18.1 Å². The molecule has 1 fully saturated rings. The van der Waals surface area contributed by atoms with Crippen LogP contribution in [0.4, 0.5) is 0 Å². The van der Waals surface area contributed by atoms with Crippen molar-refractivity contribution in [3.05, 3.63) is 0 Å². The van der Waals surface area contributed by atoms with Gasteiger partial charge in [-0.3, -0.25) is 4.79 Å². The minimum absolute atomic E-state index is 0.0579. The smallest absolute Gasteiger partial charge is 0.328 e. The van der Waals surface area contributed by atoms with Crippen LogP contribution in [0.15, 0.2) is 0 Å². The second-order valence-electron chi connectivity index (χ2n) is 5.27. The normalized spacial score (nSPS) is 24.3. The fraction of sp³-hybridized carbons (Fsp3) is 0.846. The molecule has 1 saturated heterocycles. The van der Waals surface area contributed by atoms with Gasteiger partial charge in [0, 0.05) is 6.54 Å². The molecule has 0 radical (unpaired) electrons. The molecule has 0 aliphatic carbocycles. The fourth-order valence-electron chi connectivity index (χ4n) is 2.16. The van der Waals surface area contributed by atoms with E-state index in [1.807, 2.05) is 13.8 Å². The number of hydrogen-bond acceptors (Lipinski definition) is 5. The van der Waals surface area contributed by atoms with Crippen molar-refractivity contribution >= 4 is 11.9 Å². The van der Waals surface area contributed by atoms with E-state index in [0.717, 1.165) is 6.42 Å². The summed E-state index contributed by atoms with van der Waals surface area (Å²) in [6, 6.07) is -0.613. The summed E-state index contributed by atoms with van der Waals surface area (Å²) in [4.78, 5) is 23.7. The standard InChI is InChI=1S/C13H24N2O4/c1-8(2)6-10(13(17)18-3)15-12(16)11-5-4-9(7-14)19-11/h8-11H,4-7,14H2,1-3H3,(H,15,16)/t9-,10?,11+/m1/s1. The van der Waals surface area contributed by atoms with Crippen LogP contribution in [0, 0.1) is 5.92 Å². The summed E-state index contributed by atoms with van der Waals surface area (Å²) in [5.41, 5.74) is 5.50. The minimum atomic E-state index is -0.613. The Morgan fingerprint density at radius 1 is 1.42 bits per heavy atom. The van der Waals surface area contributed by atoms with Crippen LogP contribution in [0.5, 0.6) is 0 Å². The predicted octanol–water partition coefficient (Wildman–Crippen LogP) is 0.197. The van der Waals surface area contributed by atoms with Crippen LogP contribution in [-0.4, -0.2) is 43.8 Å². The molecule has 3 N–H and O–H groups in total. The first-order valence-corrected chi connectivity index (χ1v) is 6.71. The second kappa shape index (κ2) is 7.45. The van der Waals surface area contributed by atoms with Crippen molar-refractivity contribution in [2.24, 2.45) is 11.7 Å². The lowest BCUT2D eigenvalue weighted by Gasteiger charge is -2.20. The summed E-state index contributed by atoms with van der Waals surface area (Å²) in [5, 5.41) is 2.71. The van der Waals surface area contributed by atoms with Crippen molar-refractivity contribution in [2.75, 3.05) is 13.7 Å². The first-order chi connectivity index (χ1) is 8.97. The molecule has 19 heavy (non-hydrogen) atoms. The third kappa shape index (κ3) is 4.80. The van der Waals surface area contributed by atoms with Crippen LogP contribution in [-0.2, 0) is 19.1 Å². The number of ether oxygens (including phenoxy) is 2. The van der Waals surface area contributed by atoms with Gasteiger partial charge in [0.15, 0.2) is 0 Å². The number of methoxy groups -OCH3 is 1. The van der Waals surface area contributed by atoms with Crippen molar-refractivity contribution in [1.82, 2.24) is 5.32 Å². The van der Waals surface area contributed by atoms with E-state index in [4.69, 9.17) is 15.2 Å². The fourth-order valence-corrected chi connectivity index (χ4v) is 2.16. The van der Waals surface area contributed by atoms with E-state index in [0.29, 0.717) is 19.4 Å². The molecule has 6 nitrogen and oxygen atoms in total. The summed E-state index contributed by atoms with van der Waals surface area (Å²) in [6.45, 7) is 4.38. The van der Waals surface area contributed by atoms with Crippen molar-refractivity contribution in [2.45, 2.75) is 51.4 Å². The van der Waals surface area contributed by atoms with Gasteiger partial charge in [-0.05, 0) is 25.2 Å². The molecule has 0 spiro atoms. The predicted molar refractivity (Wildman–Crippen MR) is 70.4 cm³/mol. The van der Waals surface area contributed by atoms with Gasteiger partial charge in [0.1, 0.15) is 12.1 Å². The Labute approximate surface area is 114 Å². The Bertz CT molecular complexity index is 320. The first-order valence-electron chi connectivity index (χ1n) is 6.71. The maximum absolute atomic E-state index is 12.0. The van der Waals surface area contributed by atoms with E-state index in [-0.39, 0.29) is 17.9 Å². The molecular formula is C13H24N2O4. The summed E-state index contributed by atoms with van der Waals surface area (Å²) < 4.78 is 10.2. The van der Waals surface area contributed by atoms with E-state index in [2.05, 4.69) is 5.32 Å². The van der Waals surface area contributed by atoms with Gasteiger partial charge in [-0.1, -0.05) is 13.8 Å². The molecule has 0 bridgehead atoms. The van der Waals surface area contributed by atoms with Crippen LogP contribution in [0.2, 0.25) is 0 Å². The molecule has 1 aliphatic rings. The molecule has 110 valence electrons. The van der Waals surface area contributed by atoms with E-state index >= 15 is 0 Å². The largest absolute Gasteiger partial charge is 0.467 e. The summed E-state index contributed by atoms with van der Waals surface area (Å²) >= 11 is 0. The molecule has 1 amide bonds. The van der Waals surface area contributed by atoms with Gasteiger partial charge in [-0.25, -0.2) is 4.79 Å². The van der Waals surface area contributed by atoms with Crippen LogP contribution < -0.4 is 11.1 Å². The van der Waals surface area contributed by atoms with E-state index in [1.54, 1.807) is 0 Å². The Hall–Kier alpha value is -1.14. The second-order valence-corrected chi connectivity index (χ2v) is 5.27. The quantitative estimate of drug-likeness (QED) is 0.674. The molecule has 0 aromatic heterocycles. The highest BCUT2D eigenvalue weighted by atomic mass is 16.5. The van der Waals surface area contributed by atoms with E-state index in [9.17, 15) is 9.59 Å². The Balaban J connectivity index is 2.53. The van der Waals surface area contributed by atoms with Crippen LogP contribution in [0.1, 0.15) is 33.1 Å². The first kappa shape index (κ1) is 15.9. The Morgan fingerprint density at radius 3 is 2.58 bits per heavy atom.